The Hall–Kier alpha value is -3.02. The molecule has 11 nitrogen and oxygen atoms in total. The van der Waals surface area contributed by atoms with Crippen LogP contribution in [0.4, 0.5) is 0 Å². The summed E-state index contributed by atoms with van der Waals surface area (Å²) in [6, 6.07) is 6.50. The van der Waals surface area contributed by atoms with E-state index in [2.05, 4.69) is 10.8 Å². The molecule has 2 heterocycles. The van der Waals surface area contributed by atoms with E-state index in [1.165, 1.54) is 24.1 Å². The lowest BCUT2D eigenvalue weighted by Crippen LogP contribution is -2.77. The van der Waals surface area contributed by atoms with Gasteiger partial charge in [-0.25, -0.2) is 4.79 Å². The number of nitrogens with one attached hydrogen (secondary N) is 2. The van der Waals surface area contributed by atoms with Gasteiger partial charge in [-0.15, -0.1) is 5.48 Å². The highest BCUT2D eigenvalue weighted by Gasteiger charge is 2.58. The Kier molecular flexibility index (Phi) is 7.44. The number of nitrogens with zero attached hydrogens (tertiary/aromatic N) is 1. The van der Waals surface area contributed by atoms with Crippen LogP contribution in [0.2, 0.25) is 0 Å². The Balaban J connectivity index is 1.42. The van der Waals surface area contributed by atoms with Crippen LogP contribution < -0.4 is 10.8 Å². The number of hydrogen-bond donors (Lipinski definition) is 3. The third kappa shape index (κ3) is 4.91. The van der Waals surface area contributed by atoms with E-state index in [0.717, 1.165) is 32.1 Å². The van der Waals surface area contributed by atoms with Gasteiger partial charge < -0.3 is 24.7 Å². The van der Waals surface area contributed by atoms with E-state index in [4.69, 9.17) is 14.3 Å². The van der Waals surface area contributed by atoms with Gasteiger partial charge in [0.2, 0.25) is 18.0 Å². The normalized spacial score (nSPS) is 27.8. The minimum absolute atomic E-state index is 0.0559. The average molecular weight is 475 g/mol. The summed E-state index contributed by atoms with van der Waals surface area (Å²) in [5, 5.41) is 12.1. The number of benzene rings is 1. The Bertz CT molecular complexity index is 920. The molecule has 1 aromatic rings. The molecule has 0 spiro atoms. The number of carbonyl (C=O) groups is 4. The molecular formula is C23H29N3O8. The molecule has 3 fully saturated rings. The highest BCUT2D eigenvalue weighted by Crippen LogP contribution is 2.34. The molecule has 5 atom stereocenters. The fourth-order valence-corrected chi connectivity index (χ4v) is 4.75. The first-order valence-corrected chi connectivity index (χ1v) is 11.5. The molecular weight excluding hydrogens is 446 g/mol. The summed E-state index contributed by atoms with van der Waals surface area (Å²) < 4.78 is 10.9. The molecule has 11 heteroatoms. The fourth-order valence-electron chi connectivity index (χ4n) is 4.75. The zero-order chi connectivity index (χ0) is 24.2. The monoisotopic (exact) mass is 475 g/mol. The Morgan fingerprint density at radius 3 is 2.50 bits per heavy atom. The number of aliphatic carboxylic acids is 1. The minimum atomic E-state index is -1.47. The van der Waals surface area contributed by atoms with E-state index in [1.807, 2.05) is 0 Å². The molecule has 1 aliphatic carbocycles. The summed E-state index contributed by atoms with van der Waals surface area (Å²) in [5.41, 5.74) is 3.07. The maximum atomic E-state index is 12.9. The number of carboxylic acids is 1. The van der Waals surface area contributed by atoms with Gasteiger partial charge in [0.25, 0.3) is 0 Å². The lowest BCUT2D eigenvalue weighted by atomic mass is 9.88. The quantitative estimate of drug-likeness (QED) is 0.280. The zero-order valence-corrected chi connectivity index (χ0v) is 18.8. The molecule has 2 aliphatic heterocycles. The number of β-lactam (4-membered cyclic amide) rings is 1. The predicted octanol–water partition coefficient (Wildman–Crippen LogP) is 0.650. The van der Waals surface area contributed by atoms with Gasteiger partial charge in [-0.1, -0.05) is 49.6 Å². The minimum Gasteiger partial charge on any atom is -0.480 e. The van der Waals surface area contributed by atoms with Gasteiger partial charge in [0.15, 0.2) is 12.2 Å². The van der Waals surface area contributed by atoms with Crippen LogP contribution in [0.25, 0.3) is 0 Å². The van der Waals surface area contributed by atoms with Crippen LogP contribution in [0.15, 0.2) is 30.3 Å². The maximum Gasteiger partial charge on any atom is 0.375 e. The van der Waals surface area contributed by atoms with Crippen molar-refractivity contribution in [3.63, 3.8) is 0 Å². The van der Waals surface area contributed by atoms with Crippen molar-refractivity contribution in [1.82, 2.24) is 15.7 Å². The summed E-state index contributed by atoms with van der Waals surface area (Å²) in [6.45, 7) is 0. The number of amides is 2. The number of carbonyl (C=O) groups excluding carboxylic acids is 3. The number of hydroxylamine groups is 1. The second-order valence-electron chi connectivity index (χ2n) is 8.74. The highest BCUT2D eigenvalue weighted by atomic mass is 16.7. The Morgan fingerprint density at radius 2 is 1.85 bits per heavy atom. The molecule has 3 aliphatic rings. The second-order valence-corrected chi connectivity index (χ2v) is 8.74. The van der Waals surface area contributed by atoms with Gasteiger partial charge in [0.1, 0.15) is 6.04 Å². The van der Waals surface area contributed by atoms with Crippen molar-refractivity contribution in [3.05, 3.63) is 35.9 Å². The largest absolute Gasteiger partial charge is 0.480 e. The summed E-state index contributed by atoms with van der Waals surface area (Å²) in [4.78, 5) is 56.7. The summed E-state index contributed by atoms with van der Waals surface area (Å²) in [6.07, 6.45) is 3.11. The molecule has 2 saturated heterocycles. The molecule has 1 saturated carbocycles. The molecule has 3 N–H and O–H groups in total. The first-order valence-electron chi connectivity index (χ1n) is 11.5. The van der Waals surface area contributed by atoms with Gasteiger partial charge in [0, 0.05) is 19.6 Å². The lowest BCUT2D eigenvalue weighted by molar-refractivity contribution is -0.267. The van der Waals surface area contributed by atoms with Crippen molar-refractivity contribution in [2.75, 3.05) is 7.11 Å². The zero-order valence-electron chi connectivity index (χ0n) is 18.8. The van der Waals surface area contributed by atoms with Crippen LogP contribution in [0.3, 0.4) is 0 Å². The molecule has 0 bridgehead atoms. The third-order valence-electron chi connectivity index (χ3n) is 6.57. The van der Waals surface area contributed by atoms with Crippen molar-refractivity contribution >= 4 is 23.8 Å². The van der Waals surface area contributed by atoms with Gasteiger partial charge in [-0.2, -0.15) is 0 Å². The Labute approximate surface area is 196 Å². The van der Waals surface area contributed by atoms with Crippen LogP contribution >= 0.6 is 0 Å². The van der Waals surface area contributed by atoms with Gasteiger partial charge in [-0.05, 0) is 18.4 Å². The Morgan fingerprint density at radius 1 is 1.15 bits per heavy atom. The van der Waals surface area contributed by atoms with E-state index < -0.39 is 54.3 Å². The van der Waals surface area contributed by atoms with Gasteiger partial charge in [-0.3, -0.25) is 19.3 Å². The number of rotatable bonds is 8. The van der Waals surface area contributed by atoms with Crippen molar-refractivity contribution in [3.8, 4) is 0 Å². The highest BCUT2D eigenvalue weighted by molar-refractivity contribution is 6.05. The number of hydrogen-bond acceptors (Lipinski definition) is 8. The van der Waals surface area contributed by atoms with Crippen molar-refractivity contribution < 1.29 is 38.6 Å². The second kappa shape index (κ2) is 10.5. The first-order chi connectivity index (χ1) is 16.4. The van der Waals surface area contributed by atoms with E-state index in [-0.39, 0.29) is 12.5 Å². The number of methoxy groups -OCH3 is 1. The van der Waals surface area contributed by atoms with E-state index in [1.54, 1.807) is 18.2 Å². The lowest BCUT2D eigenvalue weighted by Gasteiger charge is -2.53. The summed E-state index contributed by atoms with van der Waals surface area (Å²) >= 11 is 0. The van der Waals surface area contributed by atoms with Crippen LogP contribution in [-0.2, 0) is 33.5 Å². The standard InChI is InChI=1S/C23H29N3O8/c1-32-16-12-15-18(24-19(27)17(22(29)30)13-8-4-2-5-9-13)20(28)26(15)21(33-16)23(31)34-25-14-10-6-3-7-11-14/h2,4-5,8-9,14-18,21,25H,3,6-7,10-12H2,1H3,(H,24,27)(H,29,30). The van der Waals surface area contributed by atoms with E-state index >= 15 is 0 Å². The molecule has 184 valence electrons. The molecule has 1 aromatic carbocycles. The number of ether oxygens (including phenoxy) is 2. The molecule has 0 aromatic heterocycles. The van der Waals surface area contributed by atoms with Crippen LogP contribution in [0.5, 0.6) is 0 Å². The summed E-state index contributed by atoms with van der Waals surface area (Å²) in [7, 11) is 1.41. The summed E-state index contributed by atoms with van der Waals surface area (Å²) in [5.74, 6) is -4.94. The molecule has 2 amide bonds. The molecule has 5 unspecified atom stereocenters. The smallest absolute Gasteiger partial charge is 0.375 e. The SMILES string of the molecule is COC1CC2C(NC(=O)C(C(=O)O)c3ccccc3)C(=O)N2C(C(=O)ONC2CCCCC2)O1. The molecule has 4 rings (SSSR count). The molecule has 34 heavy (non-hydrogen) atoms. The maximum absolute atomic E-state index is 12.9. The molecule has 0 radical (unpaired) electrons. The van der Waals surface area contributed by atoms with Gasteiger partial charge in [0.05, 0.1) is 6.04 Å². The van der Waals surface area contributed by atoms with Crippen LogP contribution in [0.1, 0.15) is 50.0 Å². The van der Waals surface area contributed by atoms with Crippen LogP contribution in [-0.4, -0.2) is 71.5 Å². The van der Waals surface area contributed by atoms with Crippen molar-refractivity contribution in [2.24, 2.45) is 0 Å². The van der Waals surface area contributed by atoms with E-state index in [0.29, 0.717) is 5.56 Å². The topological polar surface area (TPSA) is 143 Å². The predicted molar refractivity (Wildman–Crippen MR) is 116 cm³/mol. The fraction of sp³-hybridized carbons (Fsp3) is 0.565. The van der Waals surface area contributed by atoms with Crippen LogP contribution in [0, 0.1) is 0 Å². The number of carboxylic acid groups (broad SMARTS) is 1. The van der Waals surface area contributed by atoms with Crippen molar-refractivity contribution in [2.45, 2.75) is 75.1 Å². The van der Waals surface area contributed by atoms with Gasteiger partial charge >= 0.3 is 11.9 Å². The average Bonchev–Trinajstić information content (AvgIpc) is 2.86. The number of fused-ring (bicyclic) bond motifs is 1. The third-order valence-corrected chi connectivity index (χ3v) is 6.57. The van der Waals surface area contributed by atoms with Crippen molar-refractivity contribution in [1.29, 1.82) is 0 Å². The van der Waals surface area contributed by atoms with E-state index in [9.17, 15) is 24.3 Å². The first kappa shape index (κ1) is 24.1.